The zero-order valence-electron chi connectivity index (χ0n) is 19.1. The number of amides is 1. The number of carbonyl (C=O) groups excluding carboxylic acids is 2. The summed E-state index contributed by atoms with van der Waals surface area (Å²) >= 11 is 0. The molecule has 1 heterocycles. The van der Waals surface area contributed by atoms with Crippen molar-refractivity contribution in [2.75, 3.05) is 13.4 Å². The third-order valence-electron chi connectivity index (χ3n) is 6.77. The molecule has 0 bridgehead atoms. The lowest BCUT2D eigenvalue weighted by atomic mass is 9.87. The fourth-order valence-electron chi connectivity index (χ4n) is 4.55. The lowest BCUT2D eigenvalue weighted by Gasteiger charge is -2.16. The van der Waals surface area contributed by atoms with Crippen LogP contribution in [-0.2, 0) is 28.0 Å². The Kier molecular flexibility index (Phi) is 5.84. The standard InChI is InChI=1S/C28H27NO5.2H2/c1-18-2-3-20(12-23(18)21-6-4-19(5-7-21)15-29-27(32)16-30)13-26(31)28(10-11-28)22-8-9-24-25(14-22)34-17-33-24;;/h2-9,12,14,30H,10-11,13,15-17H2,1H3,(H,29,32);2*1H. The van der Waals surface area contributed by atoms with Gasteiger partial charge in [0, 0.05) is 15.8 Å². The summed E-state index contributed by atoms with van der Waals surface area (Å²) in [6.45, 7) is 2.14. The van der Waals surface area contributed by atoms with Gasteiger partial charge in [0.2, 0.25) is 12.7 Å². The highest BCUT2D eigenvalue weighted by Gasteiger charge is 2.50. The molecule has 2 aliphatic rings. The van der Waals surface area contributed by atoms with Crippen LogP contribution in [0.4, 0.5) is 0 Å². The molecule has 6 nitrogen and oxygen atoms in total. The molecule has 0 aromatic heterocycles. The summed E-state index contributed by atoms with van der Waals surface area (Å²) in [5.74, 6) is 1.29. The maximum atomic E-state index is 13.4. The van der Waals surface area contributed by atoms with Crippen molar-refractivity contribution in [3.05, 3.63) is 82.9 Å². The van der Waals surface area contributed by atoms with Crippen molar-refractivity contribution in [3.63, 3.8) is 0 Å². The molecule has 1 aliphatic carbocycles. The number of aryl methyl sites for hydroxylation is 1. The summed E-state index contributed by atoms with van der Waals surface area (Å²) in [6, 6.07) is 20.0. The van der Waals surface area contributed by atoms with Crippen LogP contribution in [0.3, 0.4) is 0 Å². The highest BCUT2D eigenvalue weighted by molar-refractivity contribution is 5.95. The number of hydrogen-bond donors (Lipinski definition) is 2. The van der Waals surface area contributed by atoms with E-state index in [9.17, 15) is 9.59 Å². The first kappa shape index (κ1) is 22.2. The summed E-state index contributed by atoms with van der Waals surface area (Å²) in [4.78, 5) is 24.7. The summed E-state index contributed by atoms with van der Waals surface area (Å²) in [6.07, 6.45) is 2.10. The van der Waals surface area contributed by atoms with E-state index in [1.54, 1.807) is 0 Å². The third-order valence-corrected chi connectivity index (χ3v) is 6.77. The molecule has 0 unspecified atom stereocenters. The normalized spacial score (nSPS) is 15.1. The molecule has 178 valence electrons. The number of carbonyl (C=O) groups is 2. The van der Waals surface area contributed by atoms with Gasteiger partial charge >= 0.3 is 0 Å². The van der Waals surface area contributed by atoms with Gasteiger partial charge in [0.25, 0.3) is 0 Å². The van der Waals surface area contributed by atoms with Crippen molar-refractivity contribution >= 4 is 11.7 Å². The Morgan fingerprint density at radius 2 is 1.71 bits per heavy atom. The largest absolute Gasteiger partial charge is 0.454 e. The Balaban J connectivity index is 0.00000180. The Bertz CT molecular complexity index is 1260. The number of benzene rings is 3. The number of aliphatic hydroxyl groups excluding tert-OH is 1. The average molecular weight is 462 g/mol. The van der Waals surface area contributed by atoms with Gasteiger partial charge < -0.3 is 19.9 Å². The molecule has 1 fully saturated rings. The van der Waals surface area contributed by atoms with Gasteiger partial charge in [0.05, 0.1) is 5.41 Å². The van der Waals surface area contributed by atoms with Crippen LogP contribution in [0.1, 0.15) is 37.9 Å². The highest BCUT2D eigenvalue weighted by Crippen LogP contribution is 2.51. The Morgan fingerprint density at radius 1 is 0.971 bits per heavy atom. The van der Waals surface area contributed by atoms with Gasteiger partial charge in [-0.1, -0.05) is 48.5 Å². The maximum absolute atomic E-state index is 13.4. The Morgan fingerprint density at radius 3 is 2.44 bits per heavy atom. The van der Waals surface area contributed by atoms with Crippen LogP contribution in [0, 0.1) is 6.92 Å². The molecule has 1 aliphatic heterocycles. The molecule has 0 radical (unpaired) electrons. The zero-order valence-corrected chi connectivity index (χ0v) is 19.1. The molecule has 34 heavy (non-hydrogen) atoms. The minimum Gasteiger partial charge on any atom is -0.454 e. The fourth-order valence-corrected chi connectivity index (χ4v) is 4.55. The van der Waals surface area contributed by atoms with Crippen molar-refractivity contribution in [3.8, 4) is 22.6 Å². The van der Waals surface area contributed by atoms with E-state index in [1.165, 1.54) is 0 Å². The van der Waals surface area contributed by atoms with Crippen LogP contribution >= 0.6 is 0 Å². The van der Waals surface area contributed by atoms with E-state index in [4.69, 9.17) is 14.6 Å². The maximum Gasteiger partial charge on any atom is 0.245 e. The lowest BCUT2D eigenvalue weighted by Crippen LogP contribution is -2.25. The van der Waals surface area contributed by atoms with E-state index in [0.29, 0.717) is 18.7 Å². The summed E-state index contributed by atoms with van der Waals surface area (Å²) in [5, 5.41) is 11.5. The Hall–Kier alpha value is -3.64. The van der Waals surface area contributed by atoms with E-state index >= 15 is 0 Å². The van der Waals surface area contributed by atoms with Crippen LogP contribution in [-0.4, -0.2) is 30.2 Å². The first-order valence-electron chi connectivity index (χ1n) is 11.5. The predicted octanol–water partition coefficient (Wildman–Crippen LogP) is 4.33. The van der Waals surface area contributed by atoms with Crippen molar-refractivity contribution in [2.24, 2.45) is 0 Å². The zero-order chi connectivity index (χ0) is 23.7. The number of ketones is 1. The molecular weight excluding hydrogens is 430 g/mol. The van der Waals surface area contributed by atoms with Crippen LogP contribution < -0.4 is 14.8 Å². The SMILES string of the molecule is Cc1ccc(CC(=O)C2(c3ccc4c(c3)OCO4)CC2)cc1-c1ccc(CNC(=O)CO)cc1.[HH].[HH]. The van der Waals surface area contributed by atoms with E-state index in [1.807, 2.05) is 48.5 Å². The molecule has 2 N–H and O–H groups in total. The average Bonchev–Trinajstić information content (AvgIpc) is 3.54. The van der Waals surface area contributed by atoms with E-state index in [2.05, 4.69) is 24.4 Å². The smallest absolute Gasteiger partial charge is 0.245 e. The fraction of sp³-hybridized carbons (Fsp3) is 0.286. The summed E-state index contributed by atoms with van der Waals surface area (Å²) in [7, 11) is 0. The second-order valence-corrected chi connectivity index (χ2v) is 9.03. The van der Waals surface area contributed by atoms with Crippen molar-refractivity contribution in [1.82, 2.24) is 5.32 Å². The molecule has 0 saturated heterocycles. The third kappa shape index (κ3) is 4.29. The van der Waals surface area contributed by atoms with Crippen molar-refractivity contribution < 1.29 is 27.0 Å². The van der Waals surface area contributed by atoms with Crippen molar-refractivity contribution in [2.45, 2.75) is 38.1 Å². The number of Topliss-reactive ketones (excluding diaryl/α,β-unsaturated/α-hetero) is 1. The van der Waals surface area contributed by atoms with Crippen LogP contribution in [0.15, 0.2) is 60.7 Å². The van der Waals surface area contributed by atoms with Crippen LogP contribution in [0.5, 0.6) is 11.5 Å². The Labute approximate surface area is 201 Å². The molecular formula is C28H31NO5. The monoisotopic (exact) mass is 461 g/mol. The number of fused-ring (bicyclic) bond motifs is 1. The summed E-state index contributed by atoms with van der Waals surface area (Å²) < 4.78 is 10.9. The number of rotatable bonds is 8. The van der Waals surface area contributed by atoms with Crippen LogP contribution in [0.25, 0.3) is 11.1 Å². The molecule has 1 amide bonds. The topological polar surface area (TPSA) is 84.9 Å². The summed E-state index contributed by atoms with van der Waals surface area (Å²) in [5.41, 5.74) is 5.82. The number of ether oxygens (including phenoxy) is 2. The molecule has 0 spiro atoms. The quantitative estimate of drug-likeness (QED) is 0.522. The second-order valence-electron chi connectivity index (χ2n) is 9.03. The molecule has 1 saturated carbocycles. The minimum absolute atomic E-state index is 0. The molecule has 3 aromatic carbocycles. The van der Waals surface area contributed by atoms with E-state index in [-0.39, 0.29) is 15.4 Å². The van der Waals surface area contributed by atoms with E-state index < -0.39 is 17.9 Å². The van der Waals surface area contributed by atoms with Crippen LogP contribution in [0.2, 0.25) is 0 Å². The van der Waals surface area contributed by atoms with Gasteiger partial charge in [0.15, 0.2) is 11.5 Å². The molecule has 3 aromatic rings. The van der Waals surface area contributed by atoms with E-state index in [0.717, 1.165) is 52.0 Å². The molecule has 5 rings (SSSR count). The lowest BCUT2D eigenvalue weighted by molar-refractivity contribution is -0.124. The predicted molar refractivity (Wildman–Crippen MR) is 132 cm³/mol. The van der Waals surface area contributed by atoms with Gasteiger partial charge in [-0.15, -0.1) is 0 Å². The van der Waals surface area contributed by atoms with Gasteiger partial charge in [-0.25, -0.2) is 0 Å². The van der Waals surface area contributed by atoms with Crippen molar-refractivity contribution in [1.29, 1.82) is 0 Å². The first-order chi connectivity index (χ1) is 16.5. The highest BCUT2D eigenvalue weighted by atomic mass is 16.7. The number of hydrogen-bond acceptors (Lipinski definition) is 5. The first-order valence-corrected chi connectivity index (χ1v) is 11.5. The number of nitrogens with one attached hydrogen (secondary N) is 1. The van der Waals surface area contributed by atoms with Gasteiger partial charge in [-0.05, 0) is 65.3 Å². The van der Waals surface area contributed by atoms with Gasteiger partial charge in [0.1, 0.15) is 12.4 Å². The number of aliphatic hydroxyl groups is 1. The molecule has 6 heteroatoms. The molecule has 0 atom stereocenters. The van der Waals surface area contributed by atoms with Gasteiger partial charge in [-0.3, -0.25) is 9.59 Å². The van der Waals surface area contributed by atoms with Gasteiger partial charge in [-0.2, -0.15) is 0 Å². The second kappa shape index (κ2) is 8.95. The minimum atomic E-state index is -0.515.